The van der Waals surface area contributed by atoms with Crippen LogP contribution in [-0.2, 0) is 9.98 Å². The van der Waals surface area contributed by atoms with Crippen LogP contribution in [0.1, 0.15) is 78.7 Å². The molecule has 144 valence electrons. The van der Waals surface area contributed by atoms with E-state index in [0.717, 1.165) is 19.3 Å². The molecule has 0 fully saturated rings. The van der Waals surface area contributed by atoms with Gasteiger partial charge in [-0.1, -0.05) is 59.6 Å². The van der Waals surface area contributed by atoms with Gasteiger partial charge in [0.05, 0.1) is 5.16 Å². The van der Waals surface area contributed by atoms with E-state index in [9.17, 15) is 19.5 Å². The third kappa shape index (κ3) is 5.84. The second kappa shape index (κ2) is 8.70. The predicted molar refractivity (Wildman–Crippen MR) is 104 cm³/mol. The van der Waals surface area contributed by atoms with Gasteiger partial charge in [0.1, 0.15) is 5.75 Å². The van der Waals surface area contributed by atoms with Crippen molar-refractivity contribution < 1.29 is 19.5 Å². The first-order valence-electron chi connectivity index (χ1n) is 9.32. The minimum Gasteiger partial charge on any atom is -0.508 e. The Kier molecular flexibility index (Phi) is 7.73. The Bertz CT molecular complexity index is 570. The van der Waals surface area contributed by atoms with Crippen LogP contribution in [0, 0.1) is 5.92 Å². The fourth-order valence-electron chi connectivity index (χ4n) is 3.77. The fraction of sp³-hybridized carbons (Fsp3) is 0.700. The second-order valence-electron chi connectivity index (χ2n) is 8.11. The molecule has 0 aromatic heterocycles. The molecule has 0 bridgehead atoms. The van der Waals surface area contributed by atoms with E-state index in [0.29, 0.717) is 19.3 Å². The molecule has 3 N–H and O–H groups in total. The Morgan fingerprint density at radius 2 is 1.60 bits per heavy atom. The van der Waals surface area contributed by atoms with Crippen molar-refractivity contribution in [3.05, 3.63) is 29.8 Å². The maximum Gasteiger partial charge on any atom is 0.331 e. The molecule has 0 spiro atoms. The summed E-state index contributed by atoms with van der Waals surface area (Å²) in [6.07, 6.45) is 4.57. The van der Waals surface area contributed by atoms with Crippen molar-refractivity contribution in [2.24, 2.45) is 5.92 Å². The van der Waals surface area contributed by atoms with Gasteiger partial charge in [-0.15, -0.1) is 0 Å². The predicted octanol–water partition coefficient (Wildman–Crippen LogP) is 5.60. The highest BCUT2D eigenvalue weighted by Gasteiger charge is 2.44. The van der Waals surface area contributed by atoms with E-state index < -0.39 is 12.8 Å². The first kappa shape index (κ1) is 22.2. The quantitative estimate of drug-likeness (QED) is 0.468. The molecule has 0 saturated heterocycles. The van der Waals surface area contributed by atoms with E-state index in [1.165, 1.54) is 5.56 Å². The molecule has 0 amide bonds. The van der Waals surface area contributed by atoms with Crippen molar-refractivity contribution in [2.45, 2.75) is 83.7 Å². The lowest BCUT2D eigenvalue weighted by atomic mass is 9.78. The molecular weight excluding hydrogens is 335 g/mol. The SMILES string of the molecule is CCC(CC)(CC(C)CCCC(C)(C)c1ccc(O)cc1)P(=O)(O)O. The van der Waals surface area contributed by atoms with Gasteiger partial charge in [0.25, 0.3) is 0 Å². The first-order chi connectivity index (χ1) is 11.5. The zero-order valence-electron chi connectivity index (χ0n) is 16.3. The van der Waals surface area contributed by atoms with Gasteiger partial charge < -0.3 is 14.9 Å². The molecular formula is C20H35O4P. The summed E-state index contributed by atoms with van der Waals surface area (Å²) >= 11 is 0. The second-order valence-corrected chi connectivity index (χ2v) is 10.1. The molecule has 0 aliphatic rings. The van der Waals surface area contributed by atoms with Crippen LogP contribution in [0.25, 0.3) is 0 Å². The fourth-order valence-corrected chi connectivity index (χ4v) is 5.14. The molecule has 25 heavy (non-hydrogen) atoms. The molecule has 1 aromatic carbocycles. The zero-order valence-corrected chi connectivity index (χ0v) is 17.2. The smallest absolute Gasteiger partial charge is 0.331 e. The highest BCUT2D eigenvalue weighted by atomic mass is 31.2. The average molecular weight is 370 g/mol. The molecule has 5 heteroatoms. The molecule has 1 unspecified atom stereocenters. The Balaban J connectivity index is 2.62. The standard InChI is InChI=1S/C20H35O4P/c1-6-20(7-2,25(22,23)24)15-16(3)9-8-14-19(4,5)17-10-12-18(21)13-11-17/h10-13,16,21H,6-9,14-15H2,1-5H3,(H2,22,23,24). The number of phenols is 1. The van der Waals surface area contributed by atoms with Gasteiger partial charge in [-0.25, -0.2) is 0 Å². The average Bonchev–Trinajstić information content (AvgIpc) is 2.51. The number of phenolic OH excluding ortho intramolecular Hbond substituents is 1. The van der Waals surface area contributed by atoms with Crippen LogP contribution >= 0.6 is 7.60 Å². The van der Waals surface area contributed by atoms with E-state index in [1.54, 1.807) is 12.1 Å². The van der Waals surface area contributed by atoms with Crippen molar-refractivity contribution in [1.29, 1.82) is 0 Å². The molecule has 0 aliphatic heterocycles. The van der Waals surface area contributed by atoms with Gasteiger partial charge in [-0.2, -0.15) is 0 Å². The maximum absolute atomic E-state index is 12.0. The molecule has 1 aromatic rings. The van der Waals surface area contributed by atoms with E-state index in [4.69, 9.17) is 0 Å². The lowest BCUT2D eigenvalue weighted by Crippen LogP contribution is -2.30. The van der Waals surface area contributed by atoms with Gasteiger partial charge in [0.2, 0.25) is 0 Å². The Hall–Kier alpha value is -0.830. The Morgan fingerprint density at radius 3 is 2.04 bits per heavy atom. The van der Waals surface area contributed by atoms with Crippen LogP contribution in [0.4, 0.5) is 0 Å². The minimum atomic E-state index is -4.10. The normalized spacial score (nSPS) is 14.5. The van der Waals surface area contributed by atoms with Gasteiger partial charge >= 0.3 is 7.60 Å². The maximum atomic E-state index is 12.0. The summed E-state index contributed by atoms with van der Waals surface area (Å²) in [4.78, 5) is 19.6. The van der Waals surface area contributed by atoms with Crippen LogP contribution in [0.2, 0.25) is 0 Å². The molecule has 0 aliphatic carbocycles. The summed E-state index contributed by atoms with van der Waals surface area (Å²) in [6.45, 7) is 10.2. The minimum absolute atomic E-state index is 0.0171. The van der Waals surface area contributed by atoms with E-state index >= 15 is 0 Å². The van der Waals surface area contributed by atoms with Crippen LogP contribution in [0.3, 0.4) is 0 Å². The highest BCUT2D eigenvalue weighted by Crippen LogP contribution is 2.57. The number of hydrogen-bond donors (Lipinski definition) is 3. The summed E-state index contributed by atoms with van der Waals surface area (Å²) in [6, 6.07) is 7.37. The van der Waals surface area contributed by atoms with Crippen molar-refractivity contribution in [3.63, 3.8) is 0 Å². The summed E-state index contributed by atoms with van der Waals surface area (Å²) < 4.78 is 12.0. The number of benzene rings is 1. The van der Waals surface area contributed by atoms with E-state index in [2.05, 4.69) is 20.8 Å². The number of aromatic hydroxyl groups is 1. The van der Waals surface area contributed by atoms with Crippen molar-refractivity contribution in [1.82, 2.24) is 0 Å². The lowest BCUT2D eigenvalue weighted by molar-refractivity contribution is 0.275. The largest absolute Gasteiger partial charge is 0.508 e. The van der Waals surface area contributed by atoms with Gasteiger partial charge in [-0.05, 0) is 54.7 Å². The van der Waals surface area contributed by atoms with Crippen molar-refractivity contribution in [2.75, 3.05) is 0 Å². The summed E-state index contributed by atoms with van der Waals surface area (Å²) in [5.41, 5.74) is 1.22. The van der Waals surface area contributed by atoms with Crippen molar-refractivity contribution in [3.8, 4) is 5.75 Å². The van der Waals surface area contributed by atoms with Gasteiger partial charge in [0.15, 0.2) is 0 Å². The van der Waals surface area contributed by atoms with Crippen LogP contribution < -0.4 is 0 Å². The highest BCUT2D eigenvalue weighted by molar-refractivity contribution is 7.53. The third-order valence-corrected chi connectivity index (χ3v) is 7.86. The van der Waals surface area contributed by atoms with Crippen LogP contribution in [-0.4, -0.2) is 20.0 Å². The summed E-state index contributed by atoms with van der Waals surface area (Å²) in [5, 5.41) is 8.55. The summed E-state index contributed by atoms with van der Waals surface area (Å²) in [5.74, 6) is 0.559. The molecule has 1 rings (SSSR count). The van der Waals surface area contributed by atoms with Crippen LogP contribution in [0.5, 0.6) is 5.75 Å². The van der Waals surface area contributed by atoms with Gasteiger partial charge in [0, 0.05) is 0 Å². The van der Waals surface area contributed by atoms with E-state index in [1.807, 2.05) is 26.0 Å². The van der Waals surface area contributed by atoms with Crippen LogP contribution in [0.15, 0.2) is 24.3 Å². The number of rotatable bonds is 10. The molecule has 0 heterocycles. The first-order valence-corrected chi connectivity index (χ1v) is 10.9. The lowest BCUT2D eigenvalue weighted by Gasteiger charge is -2.35. The Morgan fingerprint density at radius 1 is 1.08 bits per heavy atom. The molecule has 4 nitrogen and oxygen atoms in total. The molecule has 1 atom stereocenters. The summed E-state index contributed by atoms with van der Waals surface area (Å²) in [7, 11) is -4.10. The molecule has 0 radical (unpaired) electrons. The van der Waals surface area contributed by atoms with Gasteiger partial charge in [-0.3, -0.25) is 4.57 Å². The third-order valence-electron chi connectivity index (χ3n) is 5.81. The monoisotopic (exact) mass is 370 g/mol. The van der Waals surface area contributed by atoms with Crippen molar-refractivity contribution >= 4 is 7.60 Å². The molecule has 0 saturated carbocycles. The van der Waals surface area contributed by atoms with E-state index in [-0.39, 0.29) is 17.1 Å². The zero-order chi connectivity index (χ0) is 19.3. The number of hydrogen-bond acceptors (Lipinski definition) is 2. The Labute approximate surface area is 152 Å². The topological polar surface area (TPSA) is 77.8 Å².